The molecule has 0 spiro atoms. The van der Waals surface area contributed by atoms with E-state index < -0.39 is 11.6 Å². The number of aromatic nitrogens is 3. The summed E-state index contributed by atoms with van der Waals surface area (Å²) >= 11 is 0. The maximum atomic E-state index is 13.6. The molecule has 0 bridgehead atoms. The van der Waals surface area contributed by atoms with Crippen LogP contribution >= 0.6 is 24.0 Å². The van der Waals surface area contributed by atoms with Gasteiger partial charge in [0.05, 0.1) is 13.1 Å². The first-order valence-corrected chi connectivity index (χ1v) is 6.89. The Morgan fingerprint density at radius 2 is 2.09 bits per heavy atom. The molecule has 2 aromatic rings. The fourth-order valence-electron chi connectivity index (χ4n) is 1.81. The molecule has 0 unspecified atom stereocenters. The Labute approximate surface area is 150 Å². The van der Waals surface area contributed by atoms with Crippen LogP contribution in [0.15, 0.2) is 29.5 Å². The van der Waals surface area contributed by atoms with Crippen LogP contribution in [-0.4, -0.2) is 27.3 Å². The molecule has 2 N–H and O–H groups in total. The molecule has 0 atom stereocenters. The van der Waals surface area contributed by atoms with Crippen molar-refractivity contribution in [1.29, 1.82) is 0 Å². The van der Waals surface area contributed by atoms with Gasteiger partial charge in [0.2, 0.25) is 0 Å². The Morgan fingerprint density at radius 3 is 2.74 bits per heavy atom. The summed E-state index contributed by atoms with van der Waals surface area (Å²) in [7, 11) is 1.79. The molecule has 1 aromatic heterocycles. The number of rotatable bonds is 5. The number of hydrogen-bond acceptors (Lipinski definition) is 3. The Bertz CT molecular complexity index is 658. The summed E-state index contributed by atoms with van der Waals surface area (Å²) in [5, 5.41) is 10.1. The van der Waals surface area contributed by atoms with Crippen molar-refractivity contribution in [3.63, 3.8) is 0 Å². The molecule has 0 saturated heterocycles. The van der Waals surface area contributed by atoms with Gasteiger partial charge in [-0.05, 0) is 25.1 Å². The minimum Gasteiger partial charge on any atom is -0.357 e. The van der Waals surface area contributed by atoms with Gasteiger partial charge in [0, 0.05) is 19.2 Å². The Morgan fingerprint density at radius 1 is 1.30 bits per heavy atom. The number of nitrogens with one attached hydrogen (secondary N) is 2. The second-order valence-electron chi connectivity index (χ2n) is 4.58. The average Bonchev–Trinajstić information content (AvgIpc) is 2.90. The van der Waals surface area contributed by atoms with Crippen molar-refractivity contribution in [3.8, 4) is 0 Å². The first kappa shape index (κ1) is 19.3. The molecule has 0 fully saturated rings. The molecule has 1 heterocycles. The van der Waals surface area contributed by atoms with Gasteiger partial charge in [-0.25, -0.2) is 18.8 Å². The van der Waals surface area contributed by atoms with E-state index in [1.807, 2.05) is 6.92 Å². The van der Waals surface area contributed by atoms with Gasteiger partial charge in [-0.15, -0.1) is 24.0 Å². The fourth-order valence-corrected chi connectivity index (χ4v) is 1.81. The first-order chi connectivity index (χ1) is 10.6. The molecule has 2 rings (SSSR count). The van der Waals surface area contributed by atoms with E-state index in [0.717, 1.165) is 24.0 Å². The smallest absolute Gasteiger partial charge is 0.191 e. The summed E-state index contributed by atoms with van der Waals surface area (Å²) < 4.78 is 28.3. The SMILES string of the molecule is CCNC(=NCc1cc(F)ccc1F)NCc1ncnn1C.I. The van der Waals surface area contributed by atoms with Crippen molar-refractivity contribution in [3.05, 3.63) is 47.5 Å². The van der Waals surface area contributed by atoms with Gasteiger partial charge in [0.1, 0.15) is 23.8 Å². The van der Waals surface area contributed by atoms with Crippen LogP contribution in [0.1, 0.15) is 18.3 Å². The van der Waals surface area contributed by atoms with E-state index in [4.69, 9.17) is 0 Å². The average molecular weight is 436 g/mol. The van der Waals surface area contributed by atoms with Crippen LogP contribution < -0.4 is 10.6 Å². The van der Waals surface area contributed by atoms with Gasteiger partial charge >= 0.3 is 0 Å². The number of hydrogen-bond donors (Lipinski definition) is 2. The van der Waals surface area contributed by atoms with Gasteiger partial charge < -0.3 is 10.6 Å². The molecular formula is C14H19F2IN6. The summed E-state index contributed by atoms with van der Waals surface area (Å²) in [5.74, 6) is 0.273. The molecule has 0 aliphatic carbocycles. The van der Waals surface area contributed by atoms with Crippen LogP contribution in [0.3, 0.4) is 0 Å². The van der Waals surface area contributed by atoms with Gasteiger partial charge in [-0.3, -0.25) is 4.68 Å². The van der Waals surface area contributed by atoms with E-state index >= 15 is 0 Å². The van der Waals surface area contributed by atoms with Crippen LogP contribution in [0, 0.1) is 11.6 Å². The topological polar surface area (TPSA) is 67.1 Å². The summed E-state index contributed by atoms with van der Waals surface area (Å²) in [6, 6.07) is 3.32. The third-order valence-electron chi connectivity index (χ3n) is 2.98. The van der Waals surface area contributed by atoms with Gasteiger partial charge in [-0.2, -0.15) is 5.10 Å². The second-order valence-corrected chi connectivity index (χ2v) is 4.58. The maximum Gasteiger partial charge on any atom is 0.191 e. The number of nitrogens with zero attached hydrogens (tertiary/aromatic N) is 4. The van der Waals surface area contributed by atoms with E-state index in [1.54, 1.807) is 11.7 Å². The second kappa shape index (κ2) is 9.38. The summed E-state index contributed by atoms with van der Waals surface area (Å²) in [4.78, 5) is 8.33. The normalized spacial score (nSPS) is 11.0. The lowest BCUT2D eigenvalue weighted by atomic mass is 10.2. The van der Waals surface area contributed by atoms with Crippen LogP contribution in [0.2, 0.25) is 0 Å². The standard InChI is InChI=1S/C14H18F2N6.HI/c1-3-17-14(19-8-13-20-9-21-22(13)2)18-7-10-6-11(15)4-5-12(10)16;/h4-6,9H,3,7-8H2,1-2H3,(H2,17,18,19);1H. The van der Waals surface area contributed by atoms with E-state index in [9.17, 15) is 8.78 Å². The molecule has 126 valence electrons. The monoisotopic (exact) mass is 436 g/mol. The van der Waals surface area contributed by atoms with Crippen molar-refractivity contribution in [2.75, 3.05) is 6.54 Å². The summed E-state index contributed by atoms with van der Waals surface area (Å²) in [5.41, 5.74) is 0.205. The molecular weight excluding hydrogens is 417 g/mol. The lowest BCUT2D eigenvalue weighted by Crippen LogP contribution is -2.37. The fraction of sp³-hybridized carbons (Fsp3) is 0.357. The molecule has 0 saturated carbocycles. The quantitative estimate of drug-likeness (QED) is 0.428. The van der Waals surface area contributed by atoms with Crippen molar-refractivity contribution >= 4 is 29.9 Å². The van der Waals surface area contributed by atoms with E-state index in [-0.39, 0.29) is 36.1 Å². The van der Waals surface area contributed by atoms with E-state index in [1.165, 1.54) is 6.33 Å². The zero-order chi connectivity index (χ0) is 15.9. The number of aliphatic imine (C=N–C) groups is 1. The molecule has 1 aromatic carbocycles. The lowest BCUT2D eigenvalue weighted by molar-refractivity contribution is 0.585. The van der Waals surface area contributed by atoms with Crippen LogP contribution in [0.5, 0.6) is 0 Å². The van der Waals surface area contributed by atoms with Gasteiger partial charge in [0.15, 0.2) is 5.96 Å². The van der Waals surface area contributed by atoms with Crippen molar-refractivity contribution in [2.45, 2.75) is 20.0 Å². The van der Waals surface area contributed by atoms with Gasteiger partial charge in [-0.1, -0.05) is 0 Å². The number of benzene rings is 1. The molecule has 6 nitrogen and oxygen atoms in total. The van der Waals surface area contributed by atoms with Crippen LogP contribution in [0.4, 0.5) is 8.78 Å². The molecule has 0 aliphatic rings. The zero-order valence-corrected chi connectivity index (χ0v) is 15.2. The van der Waals surface area contributed by atoms with Crippen LogP contribution in [0.25, 0.3) is 0 Å². The minimum atomic E-state index is -0.483. The number of guanidine groups is 1. The van der Waals surface area contributed by atoms with Crippen molar-refractivity contribution in [1.82, 2.24) is 25.4 Å². The van der Waals surface area contributed by atoms with Crippen LogP contribution in [-0.2, 0) is 20.1 Å². The summed E-state index contributed by atoms with van der Waals surface area (Å²) in [6.07, 6.45) is 1.46. The van der Waals surface area contributed by atoms with Crippen molar-refractivity contribution in [2.24, 2.45) is 12.0 Å². The van der Waals surface area contributed by atoms with Crippen molar-refractivity contribution < 1.29 is 8.78 Å². The first-order valence-electron chi connectivity index (χ1n) is 6.89. The summed E-state index contributed by atoms with van der Waals surface area (Å²) in [6.45, 7) is 3.03. The highest BCUT2D eigenvalue weighted by molar-refractivity contribution is 14.0. The molecule has 23 heavy (non-hydrogen) atoms. The third kappa shape index (κ3) is 5.73. The molecule has 0 radical (unpaired) electrons. The Hall–Kier alpha value is -1.78. The molecule has 0 aliphatic heterocycles. The largest absolute Gasteiger partial charge is 0.357 e. The highest BCUT2D eigenvalue weighted by Crippen LogP contribution is 2.10. The lowest BCUT2D eigenvalue weighted by Gasteiger charge is -2.11. The third-order valence-corrected chi connectivity index (χ3v) is 2.98. The number of halogens is 3. The minimum absolute atomic E-state index is 0. The number of aryl methyl sites for hydroxylation is 1. The predicted molar refractivity (Wildman–Crippen MR) is 94.4 cm³/mol. The Kier molecular flexibility index (Phi) is 7.86. The van der Waals surface area contributed by atoms with E-state index in [2.05, 4.69) is 25.7 Å². The molecule has 9 heteroatoms. The predicted octanol–water partition coefficient (Wildman–Crippen LogP) is 1.97. The highest BCUT2D eigenvalue weighted by atomic mass is 127. The van der Waals surface area contributed by atoms with E-state index in [0.29, 0.717) is 19.0 Å². The van der Waals surface area contributed by atoms with Gasteiger partial charge in [0.25, 0.3) is 0 Å². The zero-order valence-electron chi connectivity index (χ0n) is 12.9. The maximum absolute atomic E-state index is 13.6. The molecule has 0 amide bonds. The highest BCUT2D eigenvalue weighted by Gasteiger charge is 2.05. The Balaban J connectivity index is 0.00000264.